The average molecular weight is 274 g/mol. The number of rotatable bonds is 6. The van der Waals surface area contributed by atoms with Gasteiger partial charge in [0.2, 0.25) is 5.91 Å². The number of hydrogen-bond donors (Lipinski definition) is 1. The van der Waals surface area contributed by atoms with Gasteiger partial charge in [-0.3, -0.25) is 4.79 Å². The molecule has 0 radical (unpaired) electrons. The van der Waals surface area contributed by atoms with Gasteiger partial charge in [0.25, 0.3) is 0 Å². The van der Waals surface area contributed by atoms with E-state index in [0.29, 0.717) is 18.4 Å². The molecule has 0 spiro atoms. The minimum Gasteiger partial charge on any atom is -0.343 e. The maximum Gasteiger partial charge on any atom is 0.223 e. The molecular formula is C17H26N2O. The summed E-state index contributed by atoms with van der Waals surface area (Å²) in [4.78, 5) is 13.9. The van der Waals surface area contributed by atoms with E-state index in [4.69, 9.17) is 0 Å². The van der Waals surface area contributed by atoms with Crippen LogP contribution in [0.4, 0.5) is 0 Å². The quantitative estimate of drug-likeness (QED) is 0.865. The molecule has 1 aliphatic rings. The Kier molecular flexibility index (Phi) is 5.60. The van der Waals surface area contributed by atoms with Crippen LogP contribution in [0.5, 0.6) is 0 Å². The molecule has 0 bridgehead atoms. The Morgan fingerprint density at radius 2 is 1.90 bits per heavy atom. The first-order valence-corrected chi connectivity index (χ1v) is 7.80. The van der Waals surface area contributed by atoms with Crippen LogP contribution in [0.15, 0.2) is 24.3 Å². The van der Waals surface area contributed by atoms with Crippen molar-refractivity contribution in [3.05, 3.63) is 35.4 Å². The number of nitrogens with one attached hydrogen (secondary N) is 1. The number of likely N-dealkylation sites (tertiary alicyclic amines) is 1. The molecule has 0 aromatic heterocycles. The molecule has 3 heteroatoms. The van der Waals surface area contributed by atoms with Gasteiger partial charge in [0.05, 0.1) is 0 Å². The Morgan fingerprint density at radius 3 is 2.50 bits per heavy atom. The van der Waals surface area contributed by atoms with Gasteiger partial charge in [0.1, 0.15) is 0 Å². The van der Waals surface area contributed by atoms with Gasteiger partial charge >= 0.3 is 0 Å². The molecular weight excluding hydrogens is 248 g/mol. The first-order valence-electron chi connectivity index (χ1n) is 7.80. The highest BCUT2D eigenvalue weighted by Gasteiger charge is 2.17. The van der Waals surface area contributed by atoms with Crippen LogP contribution in [0.3, 0.4) is 0 Å². The van der Waals surface area contributed by atoms with Gasteiger partial charge in [-0.1, -0.05) is 31.2 Å². The zero-order valence-electron chi connectivity index (χ0n) is 12.7. The lowest BCUT2D eigenvalue weighted by atomic mass is 10.0. The van der Waals surface area contributed by atoms with Crippen molar-refractivity contribution in [2.45, 2.75) is 45.6 Å². The van der Waals surface area contributed by atoms with Gasteiger partial charge in [0.15, 0.2) is 0 Å². The number of carbonyl (C=O) groups is 1. The van der Waals surface area contributed by atoms with Gasteiger partial charge in [-0.05, 0) is 37.3 Å². The molecule has 1 heterocycles. The van der Waals surface area contributed by atoms with Crippen molar-refractivity contribution in [2.75, 3.05) is 19.6 Å². The molecule has 1 saturated heterocycles. The SMILES string of the molecule is CCc1ccc(C(C)NCCC(=O)N2CCCC2)cc1. The maximum atomic E-state index is 11.9. The molecule has 110 valence electrons. The lowest BCUT2D eigenvalue weighted by molar-refractivity contribution is -0.130. The number of benzene rings is 1. The van der Waals surface area contributed by atoms with Crippen molar-refractivity contribution in [3.63, 3.8) is 0 Å². The number of aryl methyl sites for hydroxylation is 1. The summed E-state index contributed by atoms with van der Waals surface area (Å²) >= 11 is 0. The van der Waals surface area contributed by atoms with Crippen molar-refractivity contribution in [1.29, 1.82) is 0 Å². The molecule has 1 amide bonds. The van der Waals surface area contributed by atoms with Crippen LogP contribution in [0.2, 0.25) is 0 Å². The van der Waals surface area contributed by atoms with E-state index in [1.54, 1.807) is 0 Å². The van der Waals surface area contributed by atoms with E-state index in [0.717, 1.165) is 26.1 Å². The molecule has 1 N–H and O–H groups in total. The summed E-state index contributed by atoms with van der Waals surface area (Å²) in [5.74, 6) is 0.295. The first kappa shape index (κ1) is 15.0. The van der Waals surface area contributed by atoms with Crippen molar-refractivity contribution in [3.8, 4) is 0 Å². The molecule has 0 saturated carbocycles. The first-order chi connectivity index (χ1) is 9.70. The topological polar surface area (TPSA) is 32.3 Å². The number of hydrogen-bond acceptors (Lipinski definition) is 2. The Labute approximate surface area is 122 Å². The molecule has 3 nitrogen and oxygen atoms in total. The lowest BCUT2D eigenvalue weighted by Crippen LogP contribution is -2.31. The van der Waals surface area contributed by atoms with Crippen molar-refractivity contribution >= 4 is 5.91 Å². The smallest absolute Gasteiger partial charge is 0.223 e. The van der Waals surface area contributed by atoms with Crippen LogP contribution in [0.25, 0.3) is 0 Å². The summed E-state index contributed by atoms with van der Waals surface area (Å²) in [5, 5.41) is 3.44. The third-order valence-corrected chi connectivity index (χ3v) is 4.14. The lowest BCUT2D eigenvalue weighted by Gasteiger charge is -2.17. The molecule has 1 unspecified atom stereocenters. The average Bonchev–Trinajstić information content (AvgIpc) is 3.01. The van der Waals surface area contributed by atoms with Gasteiger partial charge in [-0.25, -0.2) is 0 Å². The number of carbonyl (C=O) groups excluding carboxylic acids is 1. The molecule has 0 aliphatic carbocycles. The normalized spacial score (nSPS) is 16.4. The fraction of sp³-hybridized carbons (Fsp3) is 0.588. The summed E-state index contributed by atoms with van der Waals surface area (Å²) in [6, 6.07) is 9.02. The number of nitrogens with zero attached hydrogens (tertiary/aromatic N) is 1. The van der Waals surface area contributed by atoms with E-state index < -0.39 is 0 Å². The van der Waals surface area contributed by atoms with Crippen LogP contribution in [0.1, 0.15) is 50.3 Å². The Morgan fingerprint density at radius 1 is 1.25 bits per heavy atom. The van der Waals surface area contributed by atoms with Crippen LogP contribution >= 0.6 is 0 Å². The predicted molar refractivity (Wildman–Crippen MR) is 82.7 cm³/mol. The van der Waals surface area contributed by atoms with Crippen LogP contribution in [-0.2, 0) is 11.2 Å². The largest absolute Gasteiger partial charge is 0.343 e. The summed E-state index contributed by atoms with van der Waals surface area (Å²) in [5.41, 5.74) is 2.65. The van der Waals surface area contributed by atoms with Gasteiger partial charge in [-0.2, -0.15) is 0 Å². The van der Waals surface area contributed by atoms with Gasteiger partial charge in [-0.15, -0.1) is 0 Å². The minimum absolute atomic E-state index is 0.295. The van der Waals surface area contributed by atoms with E-state index >= 15 is 0 Å². The predicted octanol–water partition coefficient (Wildman–Crippen LogP) is 2.91. The molecule has 2 rings (SSSR count). The third kappa shape index (κ3) is 4.07. The van der Waals surface area contributed by atoms with Gasteiger partial charge < -0.3 is 10.2 Å². The molecule has 1 aromatic rings. The van der Waals surface area contributed by atoms with Crippen molar-refractivity contribution in [1.82, 2.24) is 10.2 Å². The zero-order valence-corrected chi connectivity index (χ0v) is 12.7. The van der Waals surface area contributed by atoms with Crippen LogP contribution < -0.4 is 5.32 Å². The Bertz CT molecular complexity index is 421. The summed E-state index contributed by atoms with van der Waals surface area (Å²) in [6.45, 7) is 6.98. The van der Waals surface area contributed by atoms with E-state index in [1.165, 1.54) is 24.0 Å². The number of amides is 1. The molecule has 20 heavy (non-hydrogen) atoms. The van der Waals surface area contributed by atoms with Crippen molar-refractivity contribution in [2.24, 2.45) is 0 Å². The highest BCUT2D eigenvalue weighted by atomic mass is 16.2. The van der Waals surface area contributed by atoms with Crippen LogP contribution in [-0.4, -0.2) is 30.4 Å². The second kappa shape index (κ2) is 7.44. The fourth-order valence-corrected chi connectivity index (χ4v) is 2.68. The highest BCUT2D eigenvalue weighted by Crippen LogP contribution is 2.14. The third-order valence-electron chi connectivity index (χ3n) is 4.14. The van der Waals surface area contributed by atoms with E-state index in [-0.39, 0.29) is 0 Å². The zero-order chi connectivity index (χ0) is 14.4. The Hall–Kier alpha value is -1.35. The standard InChI is InChI=1S/C17H26N2O/c1-3-15-6-8-16(9-7-15)14(2)18-11-10-17(20)19-12-4-5-13-19/h6-9,14,18H,3-5,10-13H2,1-2H3. The highest BCUT2D eigenvalue weighted by molar-refractivity contribution is 5.76. The van der Waals surface area contributed by atoms with Gasteiger partial charge in [0, 0.05) is 32.1 Å². The van der Waals surface area contributed by atoms with E-state index in [9.17, 15) is 4.79 Å². The molecule has 1 atom stereocenters. The molecule has 1 fully saturated rings. The summed E-state index contributed by atoms with van der Waals surface area (Å²) in [6.07, 6.45) is 4.02. The summed E-state index contributed by atoms with van der Waals surface area (Å²) < 4.78 is 0. The van der Waals surface area contributed by atoms with Crippen molar-refractivity contribution < 1.29 is 4.79 Å². The summed E-state index contributed by atoms with van der Waals surface area (Å²) in [7, 11) is 0. The molecule has 1 aliphatic heterocycles. The van der Waals surface area contributed by atoms with E-state index in [2.05, 4.69) is 43.4 Å². The maximum absolute atomic E-state index is 11.9. The van der Waals surface area contributed by atoms with Crippen LogP contribution in [0, 0.1) is 0 Å². The second-order valence-electron chi connectivity index (χ2n) is 5.61. The second-order valence-corrected chi connectivity index (χ2v) is 5.61. The monoisotopic (exact) mass is 274 g/mol. The Balaban J connectivity index is 1.73. The molecule has 1 aromatic carbocycles. The van der Waals surface area contributed by atoms with E-state index in [1.807, 2.05) is 4.90 Å². The minimum atomic E-state index is 0.295. The fourth-order valence-electron chi connectivity index (χ4n) is 2.68.